The predicted octanol–water partition coefficient (Wildman–Crippen LogP) is 3.22. The SMILES string of the molecule is Oc1cccc2c1CCC2Nc1nc(C2CC2)ns1. The standard InChI is InChI=1S/C14H15N3OS/c18-12-3-1-2-9-10(12)6-7-11(9)15-14-16-13(17-19-14)8-4-5-8/h1-3,8,11,18H,4-7H2,(H,15,16,17). The second-order valence-corrected chi connectivity index (χ2v) is 6.06. The number of hydrogen-bond acceptors (Lipinski definition) is 5. The maximum Gasteiger partial charge on any atom is 0.203 e. The van der Waals surface area contributed by atoms with Gasteiger partial charge in [0, 0.05) is 17.5 Å². The number of hydrogen-bond donors (Lipinski definition) is 2. The highest BCUT2D eigenvalue weighted by molar-refractivity contribution is 7.09. The van der Waals surface area contributed by atoms with Crippen LogP contribution in [0.2, 0.25) is 0 Å². The van der Waals surface area contributed by atoms with Crippen molar-refractivity contribution < 1.29 is 5.11 Å². The smallest absolute Gasteiger partial charge is 0.203 e. The number of anilines is 1. The summed E-state index contributed by atoms with van der Waals surface area (Å²) >= 11 is 1.45. The molecule has 2 aliphatic carbocycles. The van der Waals surface area contributed by atoms with Crippen molar-refractivity contribution in [1.82, 2.24) is 9.36 Å². The normalized spacial score (nSPS) is 21.4. The van der Waals surface area contributed by atoms with Crippen molar-refractivity contribution in [1.29, 1.82) is 0 Å². The van der Waals surface area contributed by atoms with Crippen molar-refractivity contribution in [2.24, 2.45) is 0 Å². The summed E-state index contributed by atoms with van der Waals surface area (Å²) in [4.78, 5) is 4.56. The summed E-state index contributed by atoms with van der Waals surface area (Å²) in [6.45, 7) is 0. The molecule has 4 nitrogen and oxygen atoms in total. The average molecular weight is 273 g/mol. The Hall–Kier alpha value is -1.62. The molecule has 0 radical (unpaired) electrons. The average Bonchev–Trinajstić information content (AvgIpc) is 3.02. The van der Waals surface area contributed by atoms with Crippen molar-refractivity contribution >= 4 is 16.7 Å². The van der Waals surface area contributed by atoms with Gasteiger partial charge in [0.05, 0.1) is 6.04 Å². The number of aromatic hydroxyl groups is 1. The fourth-order valence-electron chi connectivity index (χ4n) is 2.73. The molecule has 0 saturated heterocycles. The van der Waals surface area contributed by atoms with Gasteiger partial charge in [-0.05, 0) is 42.9 Å². The van der Waals surface area contributed by atoms with Gasteiger partial charge >= 0.3 is 0 Å². The maximum atomic E-state index is 9.85. The van der Waals surface area contributed by atoms with Crippen LogP contribution < -0.4 is 5.32 Å². The molecule has 5 heteroatoms. The molecule has 98 valence electrons. The Morgan fingerprint density at radius 3 is 3.00 bits per heavy atom. The fourth-order valence-corrected chi connectivity index (χ4v) is 3.43. The van der Waals surface area contributed by atoms with Gasteiger partial charge in [-0.3, -0.25) is 0 Å². The van der Waals surface area contributed by atoms with E-state index in [0.717, 1.165) is 29.4 Å². The monoisotopic (exact) mass is 273 g/mol. The van der Waals surface area contributed by atoms with E-state index in [0.29, 0.717) is 11.7 Å². The number of phenols is 1. The molecular formula is C14H15N3OS. The Morgan fingerprint density at radius 2 is 2.16 bits per heavy atom. The molecule has 2 N–H and O–H groups in total. The van der Waals surface area contributed by atoms with Crippen LogP contribution in [0.4, 0.5) is 5.13 Å². The van der Waals surface area contributed by atoms with Gasteiger partial charge in [0.2, 0.25) is 5.13 Å². The highest BCUT2D eigenvalue weighted by atomic mass is 32.1. The lowest BCUT2D eigenvalue weighted by atomic mass is 10.1. The first kappa shape index (κ1) is 11.2. The van der Waals surface area contributed by atoms with Crippen LogP contribution in [0, 0.1) is 0 Å². The molecule has 1 saturated carbocycles. The summed E-state index contributed by atoms with van der Waals surface area (Å²) in [5, 5.41) is 14.2. The lowest BCUT2D eigenvalue weighted by Crippen LogP contribution is -2.06. The molecule has 1 unspecified atom stereocenters. The minimum Gasteiger partial charge on any atom is -0.508 e. The van der Waals surface area contributed by atoms with Crippen molar-refractivity contribution in [2.75, 3.05) is 5.32 Å². The maximum absolute atomic E-state index is 9.85. The predicted molar refractivity (Wildman–Crippen MR) is 74.7 cm³/mol. The van der Waals surface area contributed by atoms with Gasteiger partial charge in [0.25, 0.3) is 0 Å². The van der Waals surface area contributed by atoms with Gasteiger partial charge in [0.15, 0.2) is 0 Å². The molecule has 1 heterocycles. The summed E-state index contributed by atoms with van der Waals surface area (Å²) in [6, 6.07) is 6.01. The third kappa shape index (κ3) is 1.98. The number of nitrogens with one attached hydrogen (secondary N) is 1. The molecule has 1 aromatic heterocycles. The summed E-state index contributed by atoms with van der Waals surface area (Å²) in [5.41, 5.74) is 2.27. The number of nitrogens with zero attached hydrogens (tertiary/aromatic N) is 2. The van der Waals surface area contributed by atoms with Gasteiger partial charge in [0.1, 0.15) is 11.6 Å². The highest BCUT2D eigenvalue weighted by Gasteiger charge is 2.29. The lowest BCUT2D eigenvalue weighted by Gasteiger charge is -2.12. The third-order valence-corrected chi connectivity index (χ3v) is 4.59. The molecule has 0 spiro atoms. The zero-order valence-corrected chi connectivity index (χ0v) is 11.3. The number of fused-ring (bicyclic) bond motifs is 1. The Morgan fingerprint density at radius 1 is 1.26 bits per heavy atom. The van der Waals surface area contributed by atoms with E-state index in [1.54, 1.807) is 6.07 Å². The second kappa shape index (κ2) is 4.20. The fraction of sp³-hybridized carbons (Fsp3) is 0.429. The molecule has 1 fully saturated rings. The van der Waals surface area contributed by atoms with Gasteiger partial charge in [-0.25, -0.2) is 4.98 Å². The van der Waals surface area contributed by atoms with Crippen molar-refractivity contribution in [3.05, 3.63) is 35.2 Å². The first-order chi connectivity index (χ1) is 9.31. The Labute approximate surface area is 115 Å². The summed E-state index contributed by atoms with van der Waals surface area (Å²) in [6.07, 6.45) is 4.39. The zero-order valence-electron chi connectivity index (χ0n) is 10.5. The zero-order chi connectivity index (χ0) is 12.8. The second-order valence-electron chi connectivity index (χ2n) is 5.31. The summed E-state index contributed by atoms with van der Waals surface area (Å²) in [7, 11) is 0. The van der Waals surface area contributed by atoms with Crippen LogP contribution in [0.15, 0.2) is 18.2 Å². The quantitative estimate of drug-likeness (QED) is 0.901. The van der Waals surface area contributed by atoms with E-state index in [1.807, 2.05) is 6.07 Å². The van der Waals surface area contributed by atoms with E-state index in [4.69, 9.17) is 0 Å². The minimum atomic E-state index is 0.252. The Bertz CT molecular complexity index is 621. The number of rotatable bonds is 3. The molecule has 19 heavy (non-hydrogen) atoms. The summed E-state index contributed by atoms with van der Waals surface area (Å²) < 4.78 is 4.41. The van der Waals surface area contributed by atoms with Crippen LogP contribution in [0.1, 0.15) is 48.2 Å². The van der Waals surface area contributed by atoms with Gasteiger partial charge in [-0.2, -0.15) is 4.37 Å². The molecular weight excluding hydrogens is 258 g/mol. The molecule has 2 aliphatic rings. The van der Waals surface area contributed by atoms with E-state index in [9.17, 15) is 5.11 Å². The first-order valence-electron chi connectivity index (χ1n) is 6.72. The van der Waals surface area contributed by atoms with Crippen LogP contribution in [0.3, 0.4) is 0 Å². The minimum absolute atomic E-state index is 0.252. The van der Waals surface area contributed by atoms with Gasteiger partial charge in [-0.1, -0.05) is 12.1 Å². The van der Waals surface area contributed by atoms with Gasteiger partial charge in [-0.15, -0.1) is 0 Å². The molecule has 1 atom stereocenters. The van der Waals surface area contributed by atoms with E-state index in [2.05, 4.69) is 20.7 Å². The van der Waals surface area contributed by atoms with E-state index in [1.165, 1.54) is 29.9 Å². The van der Waals surface area contributed by atoms with E-state index >= 15 is 0 Å². The van der Waals surface area contributed by atoms with E-state index < -0.39 is 0 Å². The first-order valence-corrected chi connectivity index (χ1v) is 7.49. The van der Waals surface area contributed by atoms with Crippen molar-refractivity contribution in [3.63, 3.8) is 0 Å². The van der Waals surface area contributed by atoms with Crippen LogP contribution in [-0.2, 0) is 6.42 Å². The summed E-state index contributed by atoms with van der Waals surface area (Å²) in [5.74, 6) is 2.02. The van der Waals surface area contributed by atoms with Crippen molar-refractivity contribution in [2.45, 2.75) is 37.6 Å². The van der Waals surface area contributed by atoms with E-state index in [-0.39, 0.29) is 6.04 Å². The molecule has 0 bridgehead atoms. The molecule has 4 rings (SSSR count). The van der Waals surface area contributed by atoms with Crippen LogP contribution >= 0.6 is 11.5 Å². The van der Waals surface area contributed by atoms with Crippen LogP contribution in [-0.4, -0.2) is 14.5 Å². The molecule has 0 amide bonds. The molecule has 1 aromatic carbocycles. The largest absolute Gasteiger partial charge is 0.508 e. The third-order valence-electron chi connectivity index (χ3n) is 3.93. The topological polar surface area (TPSA) is 58.0 Å². The Kier molecular flexibility index (Phi) is 2.48. The number of benzene rings is 1. The van der Waals surface area contributed by atoms with Crippen molar-refractivity contribution in [3.8, 4) is 5.75 Å². The number of phenolic OH excluding ortho intramolecular Hbond substituents is 1. The Balaban J connectivity index is 1.56. The molecule has 0 aliphatic heterocycles. The van der Waals surface area contributed by atoms with Crippen LogP contribution in [0.25, 0.3) is 0 Å². The molecule has 2 aromatic rings. The van der Waals surface area contributed by atoms with Crippen LogP contribution in [0.5, 0.6) is 5.75 Å². The lowest BCUT2D eigenvalue weighted by molar-refractivity contribution is 0.469. The number of aromatic nitrogens is 2. The van der Waals surface area contributed by atoms with Gasteiger partial charge < -0.3 is 10.4 Å². The highest BCUT2D eigenvalue weighted by Crippen LogP contribution is 2.41.